The van der Waals surface area contributed by atoms with Crippen molar-refractivity contribution in [3.63, 3.8) is 0 Å². The number of hydrogen-bond acceptors (Lipinski definition) is 6. The van der Waals surface area contributed by atoms with Crippen LogP contribution in [0.25, 0.3) is 0 Å². The van der Waals surface area contributed by atoms with Gasteiger partial charge in [-0.15, -0.1) is 0 Å². The van der Waals surface area contributed by atoms with Crippen molar-refractivity contribution in [3.05, 3.63) is 88.0 Å². The molecule has 0 aliphatic carbocycles. The van der Waals surface area contributed by atoms with Crippen LogP contribution in [0.5, 0.6) is 11.5 Å². The fourth-order valence-corrected chi connectivity index (χ4v) is 3.76. The molecule has 3 aromatic rings. The molecule has 178 valence electrons. The molecule has 0 saturated heterocycles. The summed E-state index contributed by atoms with van der Waals surface area (Å²) < 4.78 is 10.5. The molecule has 0 fully saturated rings. The number of nitrogens with zero attached hydrogens (tertiary/aromatic N) is 1. The van der Waals surface area contributed by atoms with Gasteiger partial charge in [-0.05, 0) is 54.6 Å². The molecule has 0 spiro atoms. The summed E-state index contributed by atoms with van der Waals surface area (Å²) in [5, 5.41) is 5.90. The molecule has 1 heterocycles. The van der Waals surface area contributed by atoms with Gasteiger partial charge in [-0.25, -0.2) is 4.90 Å². The van der Waals surface area contributed by atoms with Gasteiger partial charge in [-0.3, -0.25) is 14.4 Å². The molecule has 0 saturated carbocycles. The summed E-state index contributed by atoms with van der Waals surface area (Å²) >= 11 is 12.1. The molecule has 8 nitrogen and oxygen atoms in total. The minimum atomic E-state index is -0.709. The van der Waals surface area contributed by atoms with Gasteiger partial charge in [0, 0.05) is 28.0 Å². The van der Waals surface area contributed by atoms with Gasteiger partial charge in [-0.1, -0.05) is 29.3 Å². The third kappa shape index (κ3) is 4.94. The molecule has 2 N–H and O–H groups in total. The monoisotopic (exact) mass is 511 g/mol. The van der Waals surface area contributed by atoms with Crippen LogP contribution < -0.4 is 25.0 Å². The van der Waals surface area contributed by atoms with Crippen molar-refractivity contribution in [1.82, 2.24) is 0 Å². The van der Waals surface area contributed by atoms with E-state index in [1.807, 2.05) is 0 Å². The summed E-state index contributed by atoms with van der Waals surface area (Å²) in [6, 6.07) is 17.8. The Hall–Kier alpha value is -4.01. The first-order chi connectivity index (χ1) is 16.8. The number of benzene rings is 3. The van der Waals surface area contributed by atoms with Crippen LogP contribution in [0.3, 0.4) is 0 Å². The minimum absolute atomic E-state index is 0.121. The van der Waals surface area contributed by atoms with Gasteiger partial charge >= 0.3 is 0 Å². The maximum atomic E-state index is 13.2. The Bertz CT molecular complexity index is 1360. The highest BCUT2D eigenvalue weighted by Gasteiger charge is 2.40. The van der Waals surface area contributed by atoms with Crippen molar-refractivity contribution < 1.29 is 23.9 Å². The van der Waals surface area contributed by atoms with Crippen molar-refractivity contribution in [2.24, 2.45) is 0 Å². The van der Waals surface area contributed by atoms with E-state index < -0.39 is 11.8 Å². The summed E-state index contributed by atoms with van der Waals surface area (Å²) in [6.07, 6.45) is 0. The Labute approximate surface area is 211 Å². The van der Waals surface area contributed by atoms with Crippen LogP contribution in [0.4, 0.5) is 17.1 Å². The second-order valence-corrected chi connectivity index (χ2v) is 8.15. The SMILES string of the molecule is COc1ccc(N2C(=O)C(Cl)=C(Nc3cccc(C(=O)Nc4ccc(Cl)cc4)c3)C2=O)c(OC)c1. The molecular formula is C25H19Cl2N3O5. The third-order valence-electron chi connectivity index (χ3n) is 5.15. The van der Waals surface area contributed by atoms with E-state index in [4.69, 9.17) is 32.7 Å². The molecule has 10 heteroatoms. The van der Waals surface area contributed by atoms with E-state index >= 15 is 0 Å². The van der Waals surface area contributed by atoms with Gasteiger partial charge in [0.15, 0.2) is 0 Å². The highest BCUT2D eigenvalue weighted by molar-refractivity contribution is 6.53. The smallest absolute Gasteiger partial charge is 0.283 e. The molecule has 0 aromatic heterocycles. The summed E-state index contributed by atoms with van der Waals surface area (Å²) in [6.45, 7) is 0. The lowest BCUT2D eigenvalue weighted by atomic mass is 10.1. The number of hydrogen-bond donors (Lipinski definition) is 2. The second-order valence-electron chi connectivity index (χ2n) is 7.34. The standard InChI is InChI=1S/C25H19Cl2N3O5/c1-34-18-10-11-19(20(13-18)35-2)30-24(32)21(27)22(25(30)33)28-17-5-3-4-14(12-17)23(31)29-16-8-6-15(26)7-9-16/h3-13,28H,1-2H3,(H,29,31). The Morgan fingerprint density at radius 1 is 0.857 bits per heavy atom. The van der Waals surface area contributed by atoms with Crippen molar-refractivity contribution in [2.45, 2.75) is 0 Å². The van der Waals surface area contributed by atoms with Crippen molar-refractivity contribution in [2.75, 3.05) is 29.8 Å². The van der Waals surface area contributed by atoms with E-state index in [9.17, 15) is 14.4 Å². The lowest BCUT2D eigenvalue weighted by molar-refractivity contribution is -0.120. The lowest BCUT2D eigenvalue weighted by Crippen LogP contribution is -2.32. The quantitative estimate of drug-likeness (QED) is 0.431. The highest BCUT2D eigenvalue weighted by atomic mass is 35.5. The zero-order chi connectivity index (χ0) is 25.1. The number of ether oxygens (including phenoxy) is 2. The zero-order valence-corrected chi connectivity index (χ0v) is 20.1. The molecule has 1 aliphatic heterocycles. The molecule has 1 aliphatic rings. The molecule has 0 radical (unpaired) electrons. The first-order valence-electron chi connectivity index (χ1n) is 10.3. The van der Waals surface area contributed by atoms with Crippen LogP contribution in [0, 0.1) is 0 Å². The van der Waals surface area contributed by atoms with Crippen LogP contribution in [0.15, 0.2) is 77.5 Å². The van der Waals surface area contributed by atoms with E-state index in [1.54, 1.807) is 54.6 Å². The van der Waals surface area contributed by atoms with E-state index in [2.05, 4.69) is 10.6 Å². The maximum absolute atomic E-state index is 13.2. The number of anilines is 3. The van der Waals surface area contributed by atoms with Crippen LogP contribution in [0.2, 0.25) is 5.02 Å². The Kier molecular flexibility index (Phi) is 6.95. The molecule has 0 bridgehead atoms. The van der Waals surface area contributed by atoms with E-state index in [0.717, 1.165) is 4.90 Å². The Morgan fingerprint density at radius 2 is 1.60 bits per heavy atom. The van der Waals surface area contributed by atoms with Crippen LogP contribution in [-0.2, 0) is 9.59 Å². The number of halogens is 2. The van der Waals surface area contributed by atoms with Gasteiger partial charge in [0.1, 0.15) is 22.2 Å². The molecule has 0 unspecified atom stereocenters. The number of carbonyl (C=O) groups is 3. The zero-order valence-electron chi connectivity index (χ0n) is 18.6. The number of methoxy groups -OCH3 is 2. The first-order valence-corrected chi connectivity index (χ1v) is 11.0. The first kappa shape index (κ1) is 24.1. The largest absolute Gasteiger partial charge is 0.497 e. The molecular weight excluding hydrogens is 493 g/mol. The number of imide groups is 1. The van der Waals surface area contributed by atoms with Gasteiger partial charge in [0.05, 0.1) is 19.9 Å². The summed E-state index contributed by atoms with van der Waals surface area (Å²) in [5.74, 6) is -0.985. The van der Waals surface area contributed by atoms with Gasteiger partial charge < -0.3 is 20.1 Å². The Balaban J connectivity index is 1.56. The average Bonchev–Trinajstić information content (AvgIpc) is 3.08. The molecule has 0 atom stereocenters. The van der Waals surface area contributed by atoms with Crippen molar-refractivity contribution >= 4 is 58.0 Å². The molecule has 3 amide bonds. The molecule has 4 rings (SSSR count). The van der Waals surface area contributed by atoms with Gasteiger partial charge in [0.2, 0.25) is 0 Å². The van der Waals surface area contributed by atoms with Crippen molar-refractivity contribution in [3.8, 4) is 11.5 Å². The fourth-order valence-electron chi connectivity index (χ4n) is 3.42. The Morgan fingerprint density at radius 3 is 2.29 bits per heavy atom. The minimum Gasteiger partial charge on any atom is -0.497 e. The lowest BCUT2D eigenvalue weighted by Gasteiger charge is -2.18. The van der Waals surface area contributed by atoms with E-state index in [0.29, 0.717) is 27.7 Å². The topological polar surface area (TPSA) is 97.0 Å². The summed E-state index contributed by atoms with van der Waals surface area (Å²) in [5.41, 5.74) is 1.39. The summed E-state index contributed by atoms with van der Waals surface area (Å²) in [4.78, 5) is 39.6. The average molecular weight is 512 g/mol. The third-order valence-corrected chi connectivity index (χ3v) is 5.75. The van der Waals surface area contributed by atoms with Crippen molar-refractivity contribution in [1.29, 1.82) is 0 Å². The number of rotatable bonds is 7. The van der Waals surface area contributed by atoms with Gasteiger partial charge in [0.25, 0.3) is 17.7 Å². The number of carbonyl (C=O) groups excluding carboxylic acids is 3. The van der Waals surface area contributed by atoms with Crippen LogP contribution >= 0.6 is 23.2 Å². The number of amides is 3. The fraction of sp³-hybridized carbons (Fsp3) is 0.0800. The van der Waals surface area contributed by atoms with E-state index in [1.165, 1.54) is 26.4 Å². The van der Waals surface area contributed by atoms with Gasteiger partial charge in [-0.2, -0.15) is 0 Å². The van der Waals surface area contributed by atoms with E-state index in [-0.39, 0.29) is 28.1 Å². The number of nitrogens with one attached hydrogen (secondary N) is 2. The van der Waals surface area contributed by atoms with Crippen LogP contribution in [-0.4, -0.2) is 31.9 Å². The highest BCUT2D eigenvalue weighted by Crippen LogP contribution is 2.37. The molecule has 35 heavy (non-hydrogen) atoms. The molecule has 3 aromatic carbocycles. The normalized spacial score (nSPS) is 13.2. The predicted molar refractivity (Wildman–Crippen MR) is 134 cm³/mol. The maximum Gasteiger partial charge on any atom is 0.283 e. The predicted octanol–water partition coefficient (Wildman–Crippen LogP) is 5.05. The van der Waals surface area contributed by atoms with Crippen LogP contribution in [0.1, 0.15) is 10.4 Å². The summed E-state index contributed by atoms with van der Waals surface area (Å²) in [7, 11) is 2.91. The second kappa shape index (κ2) is 10.1.